The van der Waals surface area contributed by atoms with Gasteiger partial charge in [0.15, 0.2) is 0 Å². The molecule has 1 aliphatic carbocycles. The van der Waals surface area contributed by atoms with Gasteiger partial charge in [-0.2, -0.15) is 0 Å². The molecule has 4 rings (SSSR count). The lowest BCUT2D eigenvalue weighted by Gasteiger charge is -2.36. The highest BCUT2D eigenvalue weighted by atomic mass is 19.1. The second-order valence-electron chi connectivity index (χ2n) is 8.47. The zero-order valence-electron chi connectivity index (χ0n) is 18.4. The average Bonchev–Trinajstić information content (AvgIpc) is 2.91. The van der Waals surface area contributed by atoms with Gasteiger partial charge in [-0.15, -0.1) is 0 Å². The van der Waals surface area contributed by atoms with Crippen molar-refractivity contribution in [3.05, 3.63) is 95.0 Å². The van der Waals surface area contributed by atoms with Crippen LogP contribution in [0.25, 0.3) is 0 Å². The van der Waals surface area contributed by atoms with Crippen LogP contribution in [-0.2, 0) is 6.61 Å². The van der Waals surface area contributed by atoms with Crippen molar-refractivity contribution in [2.75, 3.05) is 5.32 Å². The predicted octanol–water partition coefficient (Wildman–Crippen LogP) is 7.11. The summed E-state index contributed by atoms with van der Waals surface area (Å²) in [6.45, 7) is 6.84. The number of ether oxygens (including phenoxy) is 1. The summed E-state index contributed by atoms with van der Waals surface area (Å²) in [5.41, 5.74) is 5.51. The first kappa shape index (κ1) is 21.1. The van der Waals surface area contributed by atoms with Gasteiger partial charge in [0.2, 0.25) is 0 Å². The highest BCUT2D eigenvalue weighted by Gasteiger charge is 2.37. The summed E-state index contributed by atoms with van der Waals surface area (Å²) < 4.78 is 19.3. The van der Waals surface area contributed by atoms with Crippen LogP contribution in [0.5, 0.6) is 5.75 Å². The molecule has 1 heterocycles. The molecule has 2 aliphatic rings. The zero-order chi connectivity index (χ0) is 21.8. The van der Waals surface area contributed by atoms with Gasteiger partial charge in [-0.3, -0.25) is 0 Å². The minimum atomic E-state index is -0.249. The Morgan fingerprint density at radius 2 is 2.03 bits per heavy atom. The molecule has 0 bridgehead atoms. The first-order valence-electron chi connectivity index (χ1n) is 10.9. The van der Waals surface area contributed by atoms with Crippen molar-refractivity contribution in [1.82, 2.24) is 0 Å². The third kappa shape index (κ3) is 4.63. The van der Waals surface area contributed by atoms with Crippen LogP contribution in [0.3, 0.4) is 0 Å². The largest absolute Gasteiger partial charge is 0.489 e. The second-order valence-corrected chi connectivity index (χ2v) is 8.47. The number of amidine groups is 1. The van der Waals surface area contributed by atoms with Gasteiger partial charge in [-0.1, -0.05) is 48.4 Å². The van der Waals surface area contributed by atoms with Gasteiger partial charge in [-0.05, 0) is 74.6 Å². The summed E-state index contributed by atoms with van der Waals surface area (Å²) in [4.78, 5) is 4.77. The van der Waals surface area contributed by atoms with E-state index in [0.29, 0.717) is 6.61 Å². The molecule has 2 aromatic rings. The molecule has 0 spiro atoms. The number of rotatable bonds is 5. The molecule has 0 radical (unpaired) electrons. The summed E-state index contributed by atoms with van der Waals surface area (Å²) in [6, 6.07) is 12.5. The van der Waals surface area contributed by atoms with Crippen molar-refractivity contribution in [2.24, 2.45) is 10.4 Å². The van der Waals surface area contributed by atoms with E-state index in [0.717, 1.165) is 47.7 Å². The van der Waals surface area contributed by atoms with E-state index in [4.69, 9.17) is 9.73 Å². The number of benzene rings is 2. The van der Waals surface area contributed by atoms with Crippen LogP contribution in [0.15, 0.2) is 83.0 Å². The maximum Gasteiger partial charge on any atom is 0.123 e. The van der Waals surface area contributed by atoms with Crippen molar-refractivity contribution in [1.29, 1.82) is 0 Å². The molecule has 0 saturated heterocycles. The maximum absolute atomic E-state index is 13.4. The summed E-state index contributed by atoms with van der Waals surface area (Å²) in [7, 11) is 0. The van der Waals surface area contributed by atoms with Gasteiger partial charge in [0.25, 0.3) is 0 Å². The van der Waals surface area contributed by atoms with Crippen LogP contribution < -0.4 is 10.1 Å². The topological polar surface area (TPSA) is 33.6 Å². The number of aryl methyl sites for hydroxylation is 1. The fourth-order valence-electron chi connectivity index (χ4n) is 4.23. The molecule has 1 unspecified atom stereocenters. The van der Waals surface area contributed by atoms with Crippen molar-refractivity contribution >= 4 is 11.5 Å². The molecule has 160 valence electrons. The number of fused-ring (bicyclic) bond motifs is 1. The molecular weight excluding hydrogens is 387 g/mol. The molecule has 0 saturated carbocycles. The SMILES string of the molecule is CCC1=CC=C2CC=CN=C(Nc3ccc(OCc4cccc(F)c4)c(C)c3)C2(C)C1. The van der Waals surface area contributed by atoms with Crippen LogP contribution >= 0.6 is 0 Å². The Hall–Kier alpha value is -3.14. The Morgan fingerprint density at radius 3 is 2.81 bits per heavy atom. The lowest BCUT2D eigenvalue weighted by atomic mass is 9.71. The third-order valence-corrected chi connectivity index (χ3v) is 6.15. The molecule has 3 nitrogen and oxygen atoms in total. The number of hydrogen-bond acceptors (Lipinski definition) is 3. The Kier molecular flexibility index (Phi) is 6.08. The van der Waals surface area contributed by atoms with Crippen LogP contribution in [-0.4, -0.2) is 5.84 Å². The minimum Gasteiger partial charge on any atom is -0.489 e. The van der Waals surface area contributed by atoms with E-state index in [1.165, 1.54) is 23.3 Å². The van der Waals surface area contributed by atoms with Gasteiger partial charge in [0.1, 0.15) is 24.0 Å². The molecule has 0 fully saturated rings. The summed E-state index contributed by atoms with van der Waals surface area (Å²) >= 11 is 0. The average molecular weight is 417 g/mol. The van der Waals surface area contributed by atoms with Gasteiger partial charge in [-0.25, -0.2) is 9.38 Å². The minimum absolute atomic E-state index is 0.135. The molecule has 31 heavy (non-hydrogen) atoms. The fourth-order valence-corrected chi connectivity index (χ4v) is 4.23. The lowest BCUT2D eigenvalue weighted by molar-refractivity contribution is 0.303. The van der Waals surface area contributed by atoms with E-state index in [2.05, 4.69) is 43.5 Å². The van der Waals surface area contributed by atoms with E-state index in [-0.39, 0.29) is 11.2 Å². The normalized spacial score (nSPS) is 20.2. The standard InChI is InChI=1S/C27H29FN2O/c1-4-20-10-11-22-8-6-14-29-26(27(22,3)17-20)30-24-12-13-25(19(2)15-24)31-18-21-7-5-9-23(28)16-21/h5-7,9-16H,4,8,17-18H2,1-3H3,(H,29,30). The van der Waals surface area contributed by atoms with Crippen LogP contribution in [0.1, 0.15) is 44.2 Å². The van der Waals surface area contributed by atoms with Crippen molar-refractivity contribution in [3.63, 3.8) is 0 Å². The molecule has 0 amide bonds. The number of allylic oxidation sites excluding steroid dienone is 4. The van der Waals surface area contributed by atoms with E-state index in [9.17, 15) is 4.39 Å². The molecule has 4 heteroatoms. The van der Waals surface area contributed by atoms with Crippen molar-refractivity contribution < 1.29 is 9.13 Å². The summed E-state index contributed by atoms with van der Waals surface area (Å²) in [6.07, 6.45) is 11.5. The summed E-state index contributed by atoms with van der Waals surface area (Å²) in [5.74, 6) is 1.51. The lowest BCUT2D eigenvalue weighted by Crippen LogP contribution is -2.36. The smallest absolute Gasteiger partial charge is 0.123 e. The number of anilines is 1. The van der Waals surface area contributed by atoms with Gasteiger partial charge in [0.05, 0.1) is 5.41 Å². The fraction of sp³-hybridized carbons (Fsp3) is 0.296. The van der Waals surface area contributed by atoms with Crippen LogP contribution in [0, 0.1) is 18.2 Å². The quantitative estimate of drug-likeness (QED) is 0.563. The highest BCUT2D eigenvalue weighted by Crippen LogP contribution is 2.43. The van der Waals surface area contributed by atoms with E-state index < -0.39 is 0 Å². The van der Waals surface area contributed by atoms with Crippen LogP contribution in [0.2, 0.25) is 0 Å². The number of nitrogens with one attached hydrogen (secondary N) is 1. The Balaban J connectivity index is 1.50. The molecule has 1 atom stereocenters. The zero-order valence-corrected chi connectivity index (χ0v) is 18.4. The van der Waals surface area contributed by atoms with E-state index in [1.54, 1.807) is 6.07 Å². The van der Waals surface area contributed by atoms with Crippen molar-refractivity contribution in [2.45, 2.75) is 46.6 Å². The Bertz CT molecular complexity index is 1100. The predicted molar refractivity (Wildman–Crippen MR) is 126 cm³/mol. The Labute approximate surface area is 184 Å². The first-order valence-corrected chi connectivity index (χ1v) is 10.9. The first-order chi connectivity index (χ1) is 15.0. The molecule has 0 aromatic heterocycles. The Morgan fingerprint density at radius 1 is 1.16 bits per heavy atom. The van der Waals surface area contributed by atoms with E-state index >= 15 is 0 Å². The third-order valence-electron chi connectivity index (χ3n) is 6.15. The van der Waals surface area contributed by atoms with Crippen LogP contribution in [0.4, 0.5) is 10.1 Å². The number of nitrogens with zero attached hydrogens (tertiary/aromatic N) is 1. The number of halogens is 1. The monoisotopic (exact) mass is 416 g/mol. The van der Waals surface area contributed by atoms with Gasteiger partial charge >= 0.3 is 0 Å². The number of hydrogen-bond donors (Lipinski definition) is 1. The van der Waals surface area contributed by atoms with Gasteiger partial charge in [0, 0.05) is 11.9 Å². The molecular formula is C27H29FN2O. The highest BCUT2D eigenvalue weighted by molar-refractivity contribution is 6.02. The van der Waals surface area contributed by atoms with Gasteiger partial charge < -0.3 is 10.1 Å². The molecule has 2 aromatic carbocycles. The number of aliphatic imine (C=N–C) groups is 1. The maximum atomic E-state index is 13.4. The second kappa shape index (κ2) is 8.93. The molecule has 1 aliphatic heterocycles. The van der Waals surface area contributed by atoms with Crippen molar-refractivity contribution in [3.8, 4) is 5.75 Å². The summed E-state index contributed by atoms with van der Waals surface area (Å²) in [5, 5.41) is 3.58. The molecule has 1 N–H and O–H groups in total. The van der Waals surface area contributed by atoms with E-state index in [1.807, 2.05) is 31.3 Å².